The number of rotatable bonds is 4. The summed E-state index contributed by atoms with van der Waals surface area (Å²) in [4.78, 5) is 2.32. The number of likely N-dealkylation sites (tertiary alicyclic amines) is 1. The van der Waals surface area contributed by atoms with Crippen LogP contribution in [-0.4, -0.2) is 24.1 Å². The van der Waals surface area contributed by atoms with E-state index in [0.29, 0.717) is 5.75 Å². The smallest absolute Gasteiger partial charge is 0.416 e. The van der Waals surface area contributed by atoms with Crippen LogP contribution < -0.4 is 4.74 Å². The van der Waals surface area contributed by atoms with Crippen molar-refractivity contribution in [2.75, 3.05) is 13.1 Å². The van der Waals surface area contributed by atoms with Crippen LogP contribution in [0.4, 0.5) is 13.2 Å². The normalized spacial score (nSPS) is 20.1. The fraction of sp³-hybridized carbons (Fsp3) is 0.333. The van der Waals surface area contributed by atoms with Gasteiger partial charge in [0.2, 0.25) is 0 Å². The monoisotopic (exact) mass is 447 g/mol. The summed E-state index contributed by atoms with van der Waals surface area (Å²) in [7, 11) is 0. The lowest BCUT2D eigenvalue weighted by molar-refractivity contribution is -0.137. The van der Waals surface area contributed by atoms with E-state index in [9.17, 15) is 13.2 Å². The lowest BCUT2D eigenvalue weighted by Gasteiger charge is -2.23. The highest BCUT2D eigenvalue weighted by Gasteiger charge is 2.31. The second-order valence-corrected chi connectivity index (χ2v) is 6.97. The SMILES string of the molecule is FC(F)(F)c1ccc(OC2CCN(C(I)c3ccccc3)C2)cc1. The third kappa shape index (κ3) is 4.22. The van der Waals surface area contributed by atoms with Gasteiger partial charge in [-0.1, -0.05) is 52.9 Å². The molecule has 2 aromatic rings. The maximum Gasteiger partial charge on any atom is 0.416 e. The van der Waals surface area contributed by atoms with Crippen LogP contribution in [0.5, 0.6) is 5.75 Å². The zero-order valence-electron chi connectivity index (χ0n) is 12.8. The summed E-state index contributed by atoms with van der Waals surface area (Å²) in [5, 5.41) is 0. The topological polar surface area (TPSA) is 12.5 Å². The summed E-state index contributed by atoms with van der Waals surface area (Å²) in [5.74, 6) is 0.486. The number of hydrogen-bond donors (Lipinski definition) is 0. The second kappa shape index (κ2) is 7.31. The van der Waals surface area contributed by atoms with Gasteiger partial charge >= 0.3 is 6.18 Å². The lowest BCUT2D eigenvalue weighted by atomic mass is 10.2. The van der Waals surface area contributed by atoms with Crippen molar-refractivity contribution < 1.29 is 17.9 Å². The highest BCUT2D eigenvalue weighted by atomic mass is 127. The van der Waals surface area contributed by atoms with Crippen LogP contribution in [0.2, 0.25) is 0 Å². The van der Waals surface area contributed by atoms with Crippen LogP contribution in [0, 0.1) is 0 Å². The Morgan fingerprint density at radius 1 is 1.04 bits per heavy atom. The van der Waals surface area contributed by atoms with Gasteiger partial charge in [0.15, 0.2) is 0 Å². The molecule has 2 unspecified atom stereocenters. The molecule has 0 aromatic heterocycles. The minimum atomic E-state index is -4.31. The van der Waals surface area contributed by atoms with Crippen molar-refractivity contribution in [2.45, 2.75) is 22.7 Å². The first-order valence-corrected chi connectivity index (χ1v) is 8.95. The largest absolute Gasteiger partial charge is 0.489 e. The molecule has 128 valence electrons. The Bertz CT molecular complexity index is 660. The average molecular weight is 447 g/mol. The summed E-state index contributed by atoms with van der Waals surface area (Å²) < 4.78 is 43.8. The molecule has 1 fully saturated rings. The minimum Gasteiger partial charge on any atom is -0.489 e. The summed E-state index contributed by atoms with van der Waals surface area (Å²) in [6.45, 7) is 1.68. The van der Waals surface area contributed by atoms with Crippen molar-refractivity contribution in [2.24, 2.45) is 0 Å². The van der Waals surface area contributed by atoms with Crippen LogP contribution in [0.25, 0.3) is 0 Å². The molecule has 1 heterocycles. The number of benzene rings is 2. The van der Waals surface area contributed by atoms with Gasteiger partial charge in [0.1, 0.15) is 11.9 Å². The summed E-state index contributed by atoms with van der Waals surface area (Å²) in [6, 6.07) is 15.1. The molecule has 0 amide bonds. The van der Waals surface area contributed by atoms with Gasteiger partial charge in [-0.2, -0.15) is 13.2 Å². The third-order valence-electron chi connectivity index (χ3n) is 4.06. The van der Waals surface area contributed by atoms with E-state index in [1.807, 2.05) is 18.2 Å². The van der Waals surface area contributed by atoms with Crippen LogP contribution in [0.1, 0.15) is 21.6 Å². The number of hydrogen-bond acceptors (Lipinski definition) is 2. The Labute approximate surface area is 152 Å². The van der Waals surface area contributed by atoms with Crippen LogP contribution in [-0.2, 0) is 6.18 Å². The van der Waals surface area contributed by atoms with E-state index in [1.54, 1.807) is 0 Å². The van der Waals surface area contributed by atoms with Crippen molar-refractivity contribution in [3.63, 3.8) is 0 Å². The Kier molecular flexibility index (Phi) is 5.34. The van der Waals surface area contributed by atoms with Crippen molar-refractivity contribution >= 4 is 22.6 Å². The zero-order valence-corrected chi connectivity index (χ0v) is 15.0. The van der Waals surface area contributed by atoms with Crippen LogP contribution in [0.3, 0.4) is 0 Å². The van der Waals surface area contributed by atoms with Crippen molar-refractivity contribution in [3.05, 3.63) is 65.7 Å². The molecule has 0 aliphatic carbocycles. The molecule has 2 nitrogen and oxygen atoms in total. The Morgan fingerprint density at radius 3 is 2.33 bits per heavy atom. The van der Waals surface area contributed by atoms with Gasteiger partial charge in [-0.05, 0) is 36.2 Å². The van der Waals surface area contributed by atoms with E-state index in [-0.39, 0.29) is 10.2 Å². The van der Waals surface area contributed by atoms with Gasteiger partial charge in [-0.15, -0.1) is 0 Å². The van der Waals surface area contributed by atoms with E-state index < -0.39 is 11.7 Å². The standard InChI is InChI=1S/C18H17F3INO/c19-18(20,21)14-6-8-15(9-7-14)24-16-10-11-23(12-16)17(22)13-4-2-1-3-5-13/h1-9,16-17H,10-12H2. The van der Waals surface area contributed by atoms with E-state index in [1.165, 1.54) is 17.7 Å². The maximum atomic E-state index is 12.6. The van der Waals surface area contributed by atoms with Gasteiger partial charge in [0.05, 0.1) is 9.61 Å². The quantitative estimate of drug-likeness (QED) is 0.359. The van der Waals surface area contributed by atoms with Gasteiger partial charge in [-0.3, -0.25) is 4.90 Å². The third-order valence-corrected chi connectivity index (χ3v) is 5.56. The van der Waals surface area contributed by atoms with E-state index >= 15 is 0 Å². The first-order valence-electron chi connectivity index (χ1n) is 7.70. The zero-order chi connectivity index (χ0) is 17.2. The predicted molar refractivity (Wildman–Crippen MR) is 95.3 cm³/mol. The molecular weight excluding hydrogens is 430 g/mol. The summed E-state index contributed by atoms with van der Waals surface area (Å²) in [6.07, 6.45) is -3.44. The van der Waals surface area contributed by atoms with E-state index in [4.69, 9.17) is 4.74 Å². The highest BCUT2D eigenvalue weighted by molar-refractivity contribution is 14.1. The van der Waals surface area contributed by atoms with Gasteiger partial charge < -0.3 is 4.74 Å². The van der Waals surface area contributed by atoms with E-state index in [2.05, 4.69) is 39.6 Å². The molecule has 0 bridgehead atoms. The van der Waals surface area contributed by atoms with Crippen molar-refractivity contribution in [1.82, 2.24) is 4.90 Å². The molecule has 0 spiro atoms. The van der Waals surface area contributed by atoms with Crippen LogP contribution in [0.15, 0.2) is 54.6 Å². The molecule has 1 aliphatic heterocycles. The molecule has 3 rings (SSSR count). The summed E-state index contributed by atoms with van der Waals surface area (Å²) in [5.41, 5.74) is 0.590. The molecular formula is C18H17F3INO. The maximum absolute atomic E-state index is 12.6. The molecule has 2 aromatic carbocycles. The molecule has 24 heavy (non-hydrogen) atoms. The number of halogens is 4. The molecule has 0 saturated carbocycles. The van der Waals surface area contributed by atoms with Gasteiger partial charge in [0.25, 0.3) is 0 Å². The lowest BCUT2D eigenvalue weighted by Crippen LogP contribution is -2.26. The van der Waals surface area contributed by atoms with Crippen molar-refractivity contribution in [3.8, 4) is 5.75 Å². The Morgan fingerprint density at radius 2 is 1.71 bits per heavy atom. The molecule has 1 aliphatic rings. The number of alkyl halides is 4. The second-order valence-electron chi connectivity index (χ2n) is 5.79. The van der Waals surface area contributed by atoms with Gasteiger partial charge in [0, 0.05) is 13.1 Å². The van der Waals surface area contributed by atoms with Gasteiger partial charge in [-0.25, -0.2) is 0 Å². The molecule has 2 atom stereocenters. The Hall–Kier alpha value is -1.28. The fourth-order valence-corrected chi connectivity index (χ4v) is 3.71. The predicted octanol–water partition coefficient (Wildman–Crippen LogP) is 5.29. The highest BCUT2D eigenvalue weighted by Crippen LogP contribution is 2.33. The first kappa shape index (κ1) is 17.5. The minimum absolute atomic E-state index is 0.00251. The first-order chi connectivity index (χ1) is 11.4. The van der Waals surface area contributed by atoms with Crippen LogP contribution >= 0.6 is 22.6 Å². The number of ether oxygens (including phenoxy) is 1. The number of nitrogens with zero attached hydrogens (tertiary/aromatic N) is 1. The molecule has 6 heteroatoms. The van der Waals surface area contributed by atoms with Crippen molar-refractivity contribution in [1.29, 1.82) is 0 Å². The molecule has 1 saturated heterocycles. The van der Waals surface area contributed by atoms with E-state index in [0.717, 1.165) is 31.6 Å². The molecule has 0 N–H and O–H groups in total. The molecule has 0 radical (unpaired) electrons. The fourth-order valence-electron chi connectivity index (χ4n) is 2.79. The summed E-state index contributed by atoms with van der Waals surface area (Å²) >= 11 is 2.41. The average Bonchev–Trinajstić information content (AvgIpc) is 3.03. The Balaban J connectivity index is 1.58.